The highest BCUT2D eigenvalue weighted by Gasteiger charge is 2.24. The summed E-state index contributed by atoms with van der Waals surface area (Å²) in [5.74, 6) is 0.874. The fraction of sp³-hybridized carbons (Fsp3) is 0.714. The van der Waals surface area contributed by atoms with E-state index in [-0.39, 0.29) is 0 Å². The molecule has 1 unspecified atom stereocenters. The first kappa shape index (κ1) is 12.8. The zero-order chi connectivity index (χ0) is 12.9. The molecule has 0 amide bonds. The lowest BCUT2D eigenvalue weighted by Crippen LogP contribution is -2.51. The molecule has 1 aromatic rings. The van der Waals surface area contributed by atoms with Crippen molar-refractivity contribution in [2.75, 3.05) is 31.1 Å². The largest absolute Gasteiger partial charge is 0.339 e. The Morgan fingerprint density at radius 2 is 1.89 bits per heavy atom. The highest BCUT2D eigenvalue weighted by atomic mass is 15.3. The molecule has 5 nitrogen and oxygen atoms in total. The second kappa shape index (κ2) is 6.30. The Morgan fingerprint density at radius 1 is 1.11 bits per heavy atom. The van der Waals surface area contributed by atoms with E-state index in [0.717, 1.165) is 32.1 Å². The molecule has 0 saturated carbocycles. The maximum absolute atomic E-state index is 4.36. The van der Waals surface area contributed by atoms with Gasteiger partial charge in [-0.3, -0.25) is 0 Å². The van der Waals surface area contributed by atoms with Gasteiger partial charge in [-0.15, -0.1) is 0 Å². The number of nitrogens with zero attached hydrogens (tertiary/aromatic N) is 3. The van der Waals surface area contributed by atoms with E-state index in [1.165, 1.54) is 25.7 Å². The minimum Gasteiger partial charge on any atom is -0.339 e. The van der Waals surface area contributed by atoms with Gasteiger partial charge in [0.1, 0.15) is 0 Å². The molecule has 19 heavy (non-hydrogen) atoms. The summed E-state index contributed by atoms with van der Waals surface area (Å²) in [6.45, 7) is 4.41. The van der Waals surface area contributed by atoms with E-state index in [2.05, 4.69) is 25.5 Å². The number of rotatable bonds is 3. The van der Waals surface area contributed by atoms with Crippen molar-refractivity contribution in [3.8, 4) is 0 Å². The van der Waals surface area contributed by atoms with Gasteiger partial charge in [-0.25, -0.2) is 9.97 Å². The Morgan fingerprint density at radius 3 is 2.68 bits per heavy atom. The van der Waals surface area contributed by atoms with Crippen LogP contribution >= 0.6 is 0 Å². The summed E-state index contributed by atoms with van der Waals surface area (Å²) in [5.41, 5.74) is 0. The summed E-state index contributed by atoms with van der Waals surface area (Å²) >= 11 is 0. The van der Waals surface area contributed by atoms with Crippen LogP contribution in [0.2, 0.25) is 0 Å². The summed E-state index contributed by atoms with van der Waals surface area (Å²) in [5, 5.41) is 7.24. The Kier molecular flexibility index (Phi) is 4.25. The van der Waals surface area contributed by atoms with E-state index < -0.39 is 0 Å². The molecule has 2 aliphatic heterocycles. The van der Waals surface area contributed by atoms with Gasteiger partial charge >= 0.3 is 0 Å². The lowest BCUT2D eigenvalue weighted by molar-refractivity contribution is 0.320. The molecule has 0 bridgehead atoms. The van der Waals surface area contributed by atoms with Crippen molar-refractivity contribution in [2.24, 2.45) is 0 Å². The van der Waals surface area contributed by atoms with Crippen LogP contribution in [0.5, 0.6) is 0 Å². The second-order valence-corrected chi connectivity index (χ2v) is 5.52. The fourth-order valence-corrected chi connectivity index (χ4v) is 3.07. The second-order valence-electron chi connectivity index (χ2n) is 5.52. The van der Waals surface area contributed by atoms with Crippen molar-refractivity contribution in [3.63, 3.8) is 0 Å². The van der Waals surface area contributed by atoms with Crippen LogP contribution in [0.25, 0.3) is 0 Å². The third-order valence-corrected chi connectivity index (χ3v) is 4.07. The molecular weight excluding hydrogens is 238 g/mol. The first-order valence-electron chi connectivity index (χ1n) is 7.40. The van der Waals surface area contributed by atoms with Crippen LogP contribution in [0.15, 0.2) is 18.5 Å². The Bertz CT molecular complexity index is 377. The maximum Gasteiger partial charge on any atom is 0.225 e. The SMILES string of the molecule is c1cnc(N2CCCC(NC3CCNCC3)C2)nc1. The maximum atomic E-state index is 4.36. The summed E-state index contributed by atoms with van der Waals surface area (Å²) in [4.78, 5) is 11.0. The zero-order valence-electron chi connectivity index (χ0n) is 11.4. The van der Waals surface area contributed by atoms with Crippen LogP contribution in [0.1, 0.15) is 25.7 Å². The molecule has 1 atom stereocenters. The minimum absolute atomic E-state index is 0.584. The van der Waals surface area contributed by atoms with Crippen molar-refractivity contribution in [1.29, 1.82) is 0 Å². The lowest BCUT2D eigenvalue weighted by Gasteiger charge is -2.36. The van der Waals surface area contributed by atoms with Crippen molar-refractivity contribution < 1.29 is 0 Å². The number of anilines is 1. The van der Waals surface area contributed by atoms with Gasteiger partial charge < -0.3 is 15.5 Å². The highest BCUT2D eigenvalue weighted by Crippen LogP contribution is 2.16. The van der Waals surface area contributed by atoms with Gasteiger partial charge in [-0.05, 0) is 44.8 Å². The third-order valence-electron chi connectivity index (χ3n) is 4.07. The van der Waals surface area contributed by atoms with E-state index in [1.807, 2.05) is 18.5 Å². The molecule has 0 radical (unpaired) electrons. The topological polar surface area (TPSA) is 53.1 Å². The summed E-state index contributed by atoms with van der Waals surface area (Å²) in [6, 6.07) is 3.14. The predicted molar refractivity (Wildman–Crippen MR) is 76.3 cm³/mol. The Hall–Kier alpha value is -1.20. The standard InChI is InChI=1S/C14H23N5/c1-3-13(18-12-4-8-15-9-5-12)11-19(10-1)14-16-6-2-7-17-14/h2,6-7,12-13,15,18H,1,3-5,8-11H2. The highest BCUT2D eigenvalue weighted by molar-refractivity contribution is 5.29. The van der Waals surface area contributed by atoms with E-state index >= 15 is 0 Å². The molecule has 104 valence electrons. The molecule has 2 aliphatic rings. The van der Waals surface area contributed by atoms with Gasteiger partial charge in [0.05, 0.1) is 0 Å². The number of hydrogen-bond acceptors (Lipinski definition) is 5. The van der Waals surface area contributed by atoms with Gasteiger partial charge in [0, 0.05) is 37.6 Å². The monoisotopic (exact) mass is 261 g/mol. The van der Waals surface area contributed by atoms with Crippen LogP contribution in [0.3, 0.4) is 0 Å². The number of nitrogens with one attached hydrogen (secondary N) is 2. The van der Waals surface area contributed by atoms with Crippen LogP contribution in [-0.4, -0.2) is 48.2 Å². The van der Waals surface area contributed by atoms with Crippen molar-refractivity contribution >= 4 is 5.95 Å². The first-order valence-corrected chi connectivity index (χ1v) is 7.40. The molecule has 2 saturated heterocycles. The van der Waals surface area contributed by atoms with E-state index in [4.69, 9.17) is 0 Å². The molecule has 3 rings (SSSR count). The first-order chi connectivity index (χ1) is 9.42. The van der Waals surface area contributed by atoms with Crippen LogP contribution < -0.4 is 15.5 Å². The van der Waals surface area contributed by atoms with E-state index in [1.54, 1.807) is 0 Å². The van der Waals surface area contributed by atoms with Crippen LogP contribution in [-0.2, 0) is 0 Å². The smallest absolute Gasteiger partial charge is 0.225 e. The quantitative estimate of drug-likeness (QED) is 0.842. The summed E-state index contributed by atoms with van der Waals surface area (Å²) in [7, 11) is 0. The average Bonchev–Trinajstić information content (AvgIpc) is 2.49. The average molecular weight is 261 g/mol. The van der Waals surface area contributed by atoms with Crippen molar-refractivity contribution in [1.82, 2.24) is 20.6 Å². The van der Waals surface area contributed by atoms with Gasteiger partial charge in [0.25, 0.3) is 0 Å². The fourth-order valence-electron chi connectivity index (χ4n) is 3.07. The van der Waals surface area contributed by atoms with Crippen molar-refractivity contribution in [2.45, 2.75) is 37.8 Å². The molecule has 2 N–H and O–H groups in total. The van der Waals surface area contributed by atoms with Crippen molar-refractivity contribution in [3.05, 3.63) is 18.5 Å². The summed E-state index contributed by atoms with van der Waals surface area (Å²) in [6.07, 6.45) is 8.64. The lowest BCUT2D eigenvalue weighted by atomic mass is 10.0. The number of piperidine rings is 2. The van der Waals surface area contributed by atoms with Gasteiger partial charge in [0.2, 0.25) is 5.95 Å². The molecule has 1 aromatic heterocycles. The molecule has 5 heteroatoms. The Balaban J connectivity index is 1.55. The minimum atomic E-state index is 0.584. The van der Waals surface area contributed by atoms with Crippen LogP contribution in [0.4, 0.5) is 5.95 Å². The van der Waals surface area contributed by atoms with Gasteiger partial charge in [-0.1, -0.05) is 0 Å². The molecule has 0 aliphatic carbocycles. The Labute approximate surface area is 114 Å². The number of aromatic nitrogens is 2. The molecular formula is C14H23N5. The normalized spacial score (nSPS) is 25.5. The molecule has 0 spiro atoms. The van der Waals surface area contributed by atoms with E-state index in [9.17, 15) is 0 Å². The number of hydrogen-bond donors (Lipinski definition) is 2. The summed E-state index contributed by atoms with van der Waals surface area (Å²) < 4.78 is 0. The molecule has 0 aromatic carbocycles. The molecule has 3 heterocycles. The van der Waals surface area contributed by atoms with E-state index in [0.29, 0.717) is 12.1 Å². The predicted octanol–water partition coefficient (Wildman–Crippen LogP) is 0.787. The molecule has 2 fully saturated rings. The van der Waals surface area contributed by atoms with Crippen LogP contribution in [0, 0.1) is 0 Å². The van der Waals surface area contributed by atoms with Gasteiger partial charge in [0.15, 0.2) is 0 Å². The van der Waals surface area contributed by atoms with Gasteiger partial charge in [-0.2, -0.15) is 0 Å². The third kappa shape index (κ3) is 3.42. The zero-order valence-corrected chi connectivity index (χ0v) is 11.4.